The van der Waals surface area contributed by atoms with E-state index in [0.717, 1.165) is 19.3 Å². The van der Waals surface area contributed by atoms with Crippen molar-refractivity contribution < 1.29 is 19.2 Å². The van der Waals surface area contributed by atoms with Gasteiger partial charge in [-0.2, -0.15) is 4.98 Å². The van der Waals surface area contributed by atoms with Crippen molar-refractivity contribution in [3.05, 3.63) is 11.7 Å². The Morgan fingerprint density at radius 3 is 2.60 bits per heavy atom. The van der Waals surface area contributed by atoms with E-state index in [0.29, 0.717) is 18.9 Å². The molecular formula is C17H26N4O4. The van der Waals surface area contributed by atoms with Crippen molar-refractivity contribution in [2.24, 2.45) is 0 Å². The zero-order valence-electron chi connectivity index (χ0n) is 15.1. The fraction of sp³-hybridized carbons (Fsp3) is 0.765. The second-order valence-corrected chi connectivity index (χ2v) is 7.90. The average molecular weight is 350 g/mol. The summed E-state index contributed by atoms with van der Waals surface area (Å²) in [5.41, 5.74) is -0.331. The van der Waals surface area contributed by atoms with Gasteiger partial charge in [-0.15, -0.1) is 0 Å². The minimum Gasteiger partial charge on any atom is -0.381 e. The van der Waals surface area contributed by atoms with Gasteiger partial charge in [0.15, 0.2) is 0 Å². The number of hydrogen-bond acceptors (Lipinski definition) is 7. The van der Waals surface area contributed by atoms with Crippen LogP contribution >= 0.6 is 0 Å². The standard InChI is InChI=1S/C17H26N4O4/c1-17(2,3)16-18-15(19-25-16)14(24)12-5-4-8-21(12)13(23)9-20(10-22)11-6-7-11/h11-12,22H,4-10H2,1-3H3. The Morgan fingerprint density at radius 1 is 1.32 bits per heavy atom. The van der Waals surface area contributed by atoms with Crippen LogP contribution in [0.25, 0.3) is 0 Å². The molecule has 1 aliphatic heterocycles. The van der Waals surface area contributed by atoms with Crippen molar-refractivity contribution in [3.63, 3.8) is 0 Å². The fourth-order valence-corrected chi connectivity index (χ4v) is 3.11. The molecule has 0 radical (unpaired) electrons. The van der Waals surface area contributed by atoms with Crippen LogP contribution in [0.4, 0.5) is 0 Å². The molecule has 0 bridgehead atoms. The highest BCUT2D eigenvalue weighted by Crippen LogP contribution is 2.27. The Bertz CT molecular complexity index is 647. The van der Waals surface area contributed by atoms with Crippen LogP contribution in [0.3, 0.4) is 0 Å². The molecular weight excluding hydrogens is 324 g/mol. The quantitative estimate of drug-likeness (QED) is 0.602. The van der Waals surface area contributed by atoms with E-state index in [2.05, 4.69) is 10.1 Å². The predicted octanol–water partition coefficient (Wildman–Crippen LogP) is 0.955. The molecule has 8 nitrogen and oxygen atoms in total. The summed E-state index contributed by atoms with van der Waals surface area (Å²) in [5.74, 6) is 0.0474. The molecule has 1 saturated heterocycles. The van der Waals surface area contributed by atoms with Crippen LogP contribution in [-0.2, 0) is 10.2 Å². The SMILES string of the molecule is CC(C)(C)c1nc(C(=O)C2CCCN2C(=O)CN(CO)C2CC2)no1. The van der Waals surface area contributed by atoms with Crippen LogP contribution in [-0.4, -0.2) is 68.6 Å². The first-order valence-corrected chi connectivity index (χ1v) is 8.84. The van der Waals surface area contributed by atoms with Crippen LogP contribution in [0.1, 0.15) is 63.0 Å². The monoisotopic (exact) mass is 350 g/mol. The van der Waals surface area contributed by atoms with Crippen molar-refractivity contribution in [1.82, 2.24) is 19.9 Å². The number of ketones is 1. The number of likely N-dealkylation sites (tertiary alicyclic amines) is 1. The Morgan fingerprint density at radius 2 is 2.04 bits per heavy atom. The number of rotatable bonds is 6. The van der Waals surface area contributed by atoms with E-state index in [9.17, 15) is 14.7 Å². The number of carbonyl (C=O) groups is 2. The lowest BCUT2D eigenvalue weighted by Gasteiger charge is -2.26. The highest BCUT2D eigenvalue weighted by Gasteiger charge is 2.39. The number of carbonyl (C=O) groups excluding carboxylic acids is 2. The molecule has 138 valence electrons. The van der Waals surface area contributed by atoms with Gasteiger partial charge in [-0.05, 0) is 25.7 Å². The van der Waals surface area contributed by atoms with Gasteiger partial charge < -0.3 is 14.5 Å². The highest BCUT2D eigenvalue weighted by molar-refractivity contribution is 5.99. The van der Waals surface area contributed by atoms with E-state index in [1.807, 2.05) is 20.8 Å². The van der Waals surface area contributed by atoms with Gasteiger partial charge in [0, 0.05) is 18.0 Å². The summed E-state index contributed by atoms with van der Waals surface area (Å²) in [6.45, 7) is 6.35. The molecule has 1 aromatic heterocycles. The van der Waals surface area contributed by atoms with Gasteiger partial charge in [-0.3, -0.25) is 14.5 Å². The summed E-state index contributed by atoms with van der Waals surface area (Å²) in [6.07, 6.45) is 3.39. The van der Waals surface area contributed by atoms with E-state index in [1.165, 1.54) is 0 Å². The van der Waals surface area contributed by atoms with Gasteiger partial charge in [0.1, 0.15) is 0 Å². The second-order valence-electron chi connectivity index (χ2n) is 7.90. The molecule has 1 amide bonds. The third-order valence-electron chi connectivity index (χ3n) is 4.75. The Hall–Kier alpha value is -1.80. The van der Waals surface area contributed by atoms with Gasteiger partial charge in [0.25, 0.3) is 0 Å². The number of amides is 1. The molecule has 1 unspecified atom stereocenters. The average Bonchev–Trinajstić information content (AvgIpc) is 3.08. The van der Waals surface area contributed by atoms with Gasteiger partial charge in [0.05, 0.1) is 19.3 Å². The fourth-order valence-electron chi connectivity index (χ4n) is 3.11. The zero-order chi connectivity index (χ0) is 18.2. The molecule has 1 N–H and O–H groups in total. The van der Waals surface area contributed by atoms with Crippen molar-refractivity contribution in [2.75, 3.05) is 19.8 Å². The van der Waals surface area contributed by atoms with E-state index in [-0.39, 0.29) is 42.2 Å². The zero-order valence-corrected chi connectivity index (χ0v) is 15.1. The molecule has 25 heavy (non-hydrogen) atoms. The molecule has 0 spiro atoms. The first kappa shape index (κ1) is 18.0. The molecule has 1 aromatic rings. The number of aliphatic hydroxyl groups excluding tert-OH is 1. The minimum absolute atomic E-state index is 0.0378. The normalized spacial score (nSPS) is 21.2. The Kier molecular flexibility index (Phi) is 4.92. The van der Waals surface area contributed by atoms with Gasteiger partial charge >= 0.3 is 0 Å². The van der Waals surface area contributed by atoms with Gasteiger partial charge in [-0.1, -0.05) is 25.9 Å². The summed E-state index contributed by atoms with van der Waals surface area (Å²) in [6, 6.07) is -0.255. The molecule has 2 fully saturated rings. The van der Waals surface area contributed by atoms with Crippen LogP contribution in [0.5, 0.6) is 0 Å². The first-order chi connectivity index (χ1) is 11.8. The summed E-state index contributed by atoms with van der Waals surface area (Å²) < 4.78 is 5.20. The van der Waals surface area contributed by atoms with E-state index in [4.69, 9.17) is 4.52 Å². The van der Waals surface area contributed by atoms with Crippen molar-refractivity contribution >= 4 is 11.7 Å². The largest absolute Gasteiger partial charge is 0.381 e. The molecule has 1 atom stereocenters. The maximum atomic E-state index is 12.8. The molecule has 3 rings (SSSR count). The van der Waals surface area contributed by atoms with E-state index >= 15 is 0 Å². The summed E-state index contributed by atoms with van der Waals surface area (Å²) in [7, 11) is 0. The third kappa shape index (κ3) is 3.90. The van der Waals surface area contributed by atoms with Crippen LogP contribution < -0.4 is 0 Å². The summed E-state index contributed by atoms with van der Waals surface area (Å²) in [4.78, 5) is 33.0. The number of aliphatic hydroxyl groups is 1. The number of nitrogens with zero attached hydrogens (tertiary/aromatic N) is 4. The second kappa shape index (κ2) is 6.84. The smallest absolute Gasteiger partial charge is 0.240 e. The van der Waals surface area contributed by atoms with E-state index in [1.54, 1.807) is 9.80 Å². The number of aromatic nitrogens is 2. The lowest BCUT2D eigenvalue weighted by atomic mass is 9.97. The molecule has 8 heteroatoms. The summed E-state index contributed by atoms with van der Waals surface area (Å²) >= 11 is 0. The van der Waals surface area contributed by atoms with Crippen molar-refractivity contribution in [2.45, 2.75) is 64.0 Å². The summed E-state index contributed by atoms with van der Waals surface area (Å²) in [5, 5.41) is 13.2. The highest BCUT2D eigenvalue weighted by atomic mass is 16.5. The van der Waals surface area contributed by atoms with Gasteiger partial charge in [0.2, 0.25) is 23.4 Å². The molecule has 0 aromatic carbocycles. The Labute approximate surface area is 147 Å². The first-order valence-electron chi connectivity index (χ1n) is 8.84. The van der Waals surface area contributed by atoms with Crippen molar-refractivity contribution in [3.8, 4) is 0 Å². The van der Waals surface area contributed by atoms with E-state index < -0.39 is 6.04 Å². The maximum Gasteiger partial charge on any atom is 0.240 e. The minimum atomic E-state index is -0.544. The molecule has 2 aliphatic rings. The van der Waals surface area contributed by atoms with Crippen LogP contribution in [0.15, 0.2) is 4.52 Å². The number of hydrogen-bond donors (Lipinski definition) is 1. The predicted molar refractivity (Wildman–Crippen MR) is 88.9 cm³/mol. The topological polar surface area (TPSA) is 99.8 Å². The van der Waals surface area contributed by atoms with Gasteiger partial charge in [-0.25, -0.2) is 0 Å². The van der Waals surface area contributed by atoms with Crippen LogP contribution in [0, 0.1) is 0 Å². The number of Topliss-reactive ketones (excluding diaryl/α,β-unsaturated/α-hetero) is 1. The van der Waals surface area contributed by atoms with Crippen LogP contribution in [0.2, 0.25) is 0 Å². The Balaban J connectivity index is 1.69. The molecule has 1 saturated carbocycles. The van der Waals surface area contributed by atoms with Crippen molar-refractivity contribution in [1.29, 1.82) is 0 Å². The lowest BCUT2D eigenvalue weighted by Crippen LogP contribution is -2.46. The maximum absolute atomic E-state index is 12.8. The third-order valence-corrected chi connectivity index (χ3v) is 4.75. The molecule has 2 heterocycles. The lowest BCUT2D eigenvalue weighted by molar-refractivity contribution is -0.133. The molecule has 1 aliphatic carbocycles.